The van der Waals surface area contributed by atoms with Gasteiger partial charge < -0.3 is 14.8 Å². The van der Waals surface area contributed by atoms with Crippen molar-refractivity contribution in [2.45, 2.75) is 18.4 Å². The summed E-state index contributed by atoms with van der Waals surface area (Å²) in [6.07, 6.45) is -6.73. The Labute approximate surface area is 220 Å². The summed E-state index contributed by atoms with van der Waals surface area (Å²) >= 11 is 3.34. The van der Waals surface area contributed by atoms with Gasteiger partial charge in [0.1, 0.15) is 0 Å². The quantitative estimate of drug-likeness (QED) is 0.269. The number of fused-ring (bicyclic) bond motifs is 2. The number of hydrogen-bond acceptors (Lipinski definition) is 5. The summed E-state index contributed by atoms with van der Waals surface area (Å²) in [5.41, 5.74) is -1.11. The predicted molar refractivity (Wildman–Crippen MR) is 131 cm³/mol. The Balaban J connectivity index is 1.75. The lowest BCUT2D eigenvalue weighted by Gasteiger charge is -2.39. The Kier molecular flexibility index (Phi) is 6.10. The zero-order valence-corrected chi connectivity index (χ0v) is 20.6. The number of nitrogens with one attached hydrogen (secondary N) is 2. The van der Waals surface area contributed by atoms with Crippen LogP contribution >= 0.6 is 15.9 Å². The molecule has 2 heterocycles. The van der Waals surface area contributed by atoms with E-state index in [0.717, 1.165) is 4.90 Å². The van der Waals surface area contributed by atoms with Gasteiger partial charge in [-0.25, -0.2) is 14.6 Å². The molecule has 1 aromatic heterocycles. The number of anilines is 1. The van der Waals surface area contributed by atoms with Crippen molar-refractivity contribution in [1.82, 2.24) is 14.9 Å². The number of amides is 2. The highest BCUT2D eigenvalue weighted by Crippen LogP contribution is 2.47. The van der Waals surface area contributed by atoms with Gasteiger partial charge in [0.15, 0.2) is 0 Å². The first-order valence-electron chi connectivity index (χ1n) is 11.0. The molecule has 3 aromatic carbocycles. The number of alkyl halides is 3. The maximum absolute atomic E-state index is 13.6. The van der Waals surface area contributed by atoms with Gasteiger partial charge in [-0.05, 0) is 35.9 Å². The third-order valence-electron chi connectivity index (χ3n) is 5.95. The number of aromatic nitrogens is 2. The van der Waals surface area contributed by atoms with E-state index in [1.165, 1.54) is 36.4 Å². The number of H-pyrrole nitrogens is 1. The van der Waals surface area contributed by atoms with Crippen LogP contribution in [-0.2, 0) is 21.8 Å². The number of imidazole rings is 1. The van der Waals surface area contributed by atoms with Gasteiger partial charge in [0.05, 0.1) is 17.6 Å². The summed E-state index contributed by atoms with van der Waals surface area (Å²) in [6.45, 7) is -0.203. The Morgan fingerprint density at radius 1 is 1.11 bits per heavy atom. The number of carbonyl (C=O) groups excluding carboxylic acids is 2. The normalized spacial score (nSPS) is 16.9. The summed E-state index contributed by atoms with van der Waals surface area (Å²) in [4.78, 5) is 44.9. The number of nitrogens with zero attached hydrogens (tertiary/aromatic N) is 2. The molecule has 1 aliphatic heterocycles. The molecule has 0 radical (unpaired) electrons. The fourth-order valence-electron chi connectivity index (χ4n) is 4.45. The van der Waals surface area contributed by atoms with Crippen molar-refractivity contribution < 1.29 is 37.4 Å². The summed E-state index contributed by atoms with van der Waals surface area (Å²) in [5.74, 6) is -3.26. The Bertz CT molecular complexity index is 1610. The van der Waals surface area contributed by atoms with Crippen LogP contribution in [0.4, 0.5) is 23.9 Å². The molecule has 0 fully saturated rings. The van der Waals surface area contributed by atoms with E-state index in [0.29, 0.717) is 10.0 Å². The second-order valence-corrected chi connectivity index (χ2v) is 9.26. The van der Waals surface area contributed by atoms with Gasteiger partial charge >= 0.3 is 18.2 Å². The molecule has 9 nitrogen and oxygen atoms in total. The Morgan fingerprint density at radius 3 is 2.58 bits per heavy atom. The summed E-state index contributed by atoms with van der Waals surface area (Å²) in [6, 6.07) is 16.9. The Hall–Kier alpha value is -4.39. The molecule has 0 saturated carbocycles. The average molecular weight is 589 g/mol. The van der Waals surface area contributed by atoms with E-state index in [2.05, 4.69) is 31.2 Å². The van der Waals surface area contributed by atoms with E-state index >= 15 is 0 Å². The lowest BCUT2D eigenvalue weighted by molar-refractivity contribution is -0.222. The van der Waals surface area contributed by atoms with E-state index in [-0.39, 0.29) is 40.2 Å². The second-order valence-electron chi connectivity index (χ2n) is 8.35. The number of benzene rings is 3. The maximum Gasteiger partial charge on any atom is 0.491 e. The minimum atomic E-state index is -5.36. The van der Waals surface area contributed by atoms with E-state index in [9.17, 15) is 27.6 Å². The van der Waals surface area contributed by atoms with Crippen LogP contribution < -0.4 is 5.32 Å². The molecule has 38 heavy (non-hydrogen) atoms. The SMILES string of the molecule is O=C(O)Nc1nc2ccc(C3(OC(=O)C(F)(F)F)c4ccccc4C(=O)N3Cc3cccc(Br)c3)cc2[nH]1. The van der Waals surface area contributed by atoms with E-state index in [4.69, 9.17) is 9.84 Å². The third kappa shape index (κ3) is 4.34. The highest BCUT2D eigenvalue weighted by atomic mass is 79.9. The van der Waals surface area contributed by atoms with Crippen LogP contribution in [0.25, 0.3) is 11.0 Å². The first-order valence-corrected chi connectivity index (χ1v) is 11.7. The molecule has 3 N–H and O–H groups in total. The van der Waals surface area contributed by atoms with Gasteiger partial charge in [0.2, 0.25) is 11.7 Å². The van der Waals surface area contributed by atoms with Gasteiger partial charge in [-0.2, -0.15) is 13.2 Å². The molecule has 5 rings (SSSR count). The number of carboxylic acid groups (broad SMARTS) is 1. The van der Waals surface area contributed by atoms with Crippen molar-refractivity contribution in [3.05, 3.63) is 93.5 Å². The number of aromatic amines is 1. The lowest BCUT2D eigenvalue weighted by atomic mass is 9.92. The van der Waals surface area contributed by atoms with Gasteiger partial charge in [-0.1, -0.05) is 52.3 Å². The number of carbonyl (C=O) groups is 3. The van der Waals surface area contributed by atoms with Crippen molar-refractivity contribution in [1.29, 1.82) is 0 Å². The fourth-order valence-corrected chi connectivity index (χ4v) is 4.90. The topological polar surface area (TPSA) is 125 Å². The van der Waals surface area contributed by atoms with E-state index in [1.807, 2.05) is 0 Å². The third-order valence-corrected chi connectivity index (χ3v) is 6.44. The molecular formula is C25H16BrF3N4O5. The highest BCUT2D eigenvalue weighted by Gasteiger charge is 2.57. The maximum atomic E-state index is 13.6. The van der Waals surface area contributed by atoms with E-state index in [1.54, 1.807) is 30.3 Å². The van der Waals surface area contributed by atoms with Crippen molar-refractivity contribution in [2.24, 2.45) is 0 Å². The minimum absolute atomic E-state index is 0.0152. The number of ether oxygens (including phenoxy) is 1. The lowest BCUT2D eigenvalue weighted by Crippen LogP contribution is -2.49. The van der Waals surface area contributed by atoms with Crippen LogP contribution in [0, 0.1) is 0 Å². The number of halogens is 4. The summed E-state index contributed by atoms with van der Waals surface area (Å²) in [7, 11) is 0. The van der Waals surface area contributed by atoms with E-state index < -0.39 is 29.9 Å². The second kappa shape index (κ2) is 9.17. The zero-order chi connectivity index (χ0) is 27.2. The monoisotopic (exact) mass is 588 g/mol. The zero-order valence-electron chi connectivity index (χ0n) is 19.0. The molecule has 1 aliphatic rings. The molecule has 0 saturated heterocycles. The molecular weight excluding hydrogens is 573 g/mol. The molecule has 0 spiro atoms. The van der Waals surface area contributed by atoms with Crippen LogP contribution in [0.5, 0.6) is 0 Å². The van der Waals surface area contributed by atoms with Gasteiger partial charge in [-0.15, -0.1) is 0 Å². The van der Waals surface area contributed by atoms with Crippen LogP contribution in [0.3, 0.4) is 0 Å². The van der Waals surface area contributed by atoms with Gasteiger partial charge in [0.25, 0.3) is 5.91 Å². The van der Waals surface area contributed by atoms with Crippen LogP contribution in [-0.4, -0.2) is 44.1 Å². The van der Waals surface area contributed by atoms with Crippen molar-refractivity contribution >= 4 is 50.9 Å². The smallest absolute Gasteiger partial charge is 0.465 e. The number of hydrogen-bond donors (Lipinski definition) is 3. The Morgan fingerprint density at radius 2 is 1.87 bits per heavy atom. The fraction of sp³-hybridized carbons (Fsp3) is 0.120. The molecule has 0 aliphatic carbocycles. The van der Waals surface area contributed by atoms with Crippen LogP contribution in [0.15, 0.2) is 71.2 Å². The van der Waals surface area contributed by atoms with Gasteiger partial charge in [0, 0.05) is 21.2 Å². The van der Waals surface area contributed by atoms with Crippen molar-refractivity contribution in [3.63, 3.8) is 0 Å². The summed E-state index contributed by atoms with van der Waals surface area (Å²) in [5, 5.41) is 11.0. The number of rotatable bonds is 5. The predicted octanol–water partition coefficient (Wildman–Crippen LogP) is 5.38. The minimum Gasteiger partial charge on any atom is -0.465 e. The van der Waals surface area contributed by atoms with Crippen molar-refractivity contribution in [3.8, 4) is 0 Å². The summed E-state index contributed by atoms with van der Waals surface area (Å²) < 4.78 is 46.7. The van der Waals surface area contributed by atoms with Crippen LogP contribution in [0.1, 0.15) is 27.0 Å². The molecule has 13 heteroatoms. The average Bonchev–Trinajstić information content (AvgIpc) is 3.35. The van der Waals surface area contributed by atoms with Crippen molar-refractivity contribution in [2.75, 3.05) is 5.32 Å². The highest BCUT2D eigenvalue weighted by molar-refractivity contribution is 9.10. The number of esters is 1. The first kappa shape index (κ1) is 25.3. The first-order chi connectivity index (χ1) is 18.0. The molecule has 1 atom stereocenters. The molecule has 194 valence electrons. The van der Waals surface area contributed by atoms with Crippen LogP contribution in [0.2, 0.25) is 0 Å². The molecule has 2 amide bonds. The largest absolute Gasteiger partial charge is 0.491 e. The van der Waals surface area contributed by atoms with Gasteiger partial charge in [-0.3, -0.25) is 15.0 Å². The molecule has 0 bridgehead atoms. The molecule has 4 aromatic rings. The standard InChI is InChI=1S/C25H16BrF3N4O5/c26-15-5-3-4-13(10-15)12-33-20(34)16-6-1-2-7-17(16)24(33,38-21(35)25(27,28)29)14-8-9-18-19(11-14)31-22(30-18)32-23(36)37/h1-11H,12H2,(H,36,37)(H2,30,31,32). The molecule has 1 unspecified atom stereocenters.